The van der Waals surface area contributed by atoms with Crippen LogP contribution in [0.4, 0.5) is 0 Å². The maximum absolute atomic E-state index is 12.8. The van der Waals surface area contributed by atoms with Crippen molar-refractivity contribution in [1.82, 2.24) is 10.2 Å². The minimum atomic E-state index is -0.562. The fraction of sp³-hybridized carbons (Fsp3) is 0.762. The van der Waals surface area contributed by atoms with Crippen molar-refractivity contribution >= 4 is 17.8 Å². The molecule has 0 heterocycles. The average Bonchev–Trinajstić information content (AvgIpc) is 2.60. The molecule has 4 fully saturated rings. The molecule has 0 spiro atoms. The molecule has 0 unspecified atom stereocenters. The lowest BCUT2D eigenvalue weighted by atomic mass is 9.49. The second kappa shape index (κ2) is 8.03. The van der Waals surface area contributed by atoms with Gasteiger partial charge in [0.05, 0.1) is 0 Å². The highest BCUT2D eigenvalue weighted by Crippen LogP contribution is 2.60. The number of carbonyl (C=O) groups is 3. The lowest BCUT2D eigenvalue weighted by Gasteiger charge is -2.55. The highest BCUT2D eigenvalue weighted by molar-refractivity contribution is 5.87. The Hall–Kier alpha value is -1.85. The van der Waals surface area contributed by atoms with Crippen molar-refractivity contribution in [3.63, 3.8) is 0 Å². The number of hydrogen-bond donors (Lipinski definition) is 1. The Morgan fingerprint density at radius 1 is 1.11 bits per heavy atom. The van der Waals surface area contributed by atoms with Crippen LogP contribution in [-0.4, -0.2) is 48.9 Å². The van der Waals surface area contributed by atoms with Gasteiger partial charge in [0.15, 0.2) is 6.61 Å². The molecule has 0 radical (unpaired) electrons. The van der Waals surface area contributed by atoms with E-state index in [1.807, 2.05) is 13.8 Å². The fourth-order valence-electron chi connectivity index (χ4n) is 5.72. The summed E-state index contributed by atoms with van der Waals surface area (Å²) in [5.74, 6) is 1.23. The van der Waals surface area contributed by atoms with Crippen LogP contribution in [0.2, 0.25) is 0 Å². The standard InChI is InChI=1S/C21H32N2O4/c1-4-23(12-14(2)3)18(24)13-27-19(25)11-22-20(26)21-8-15-5-16(9-21)7-17(6-15)10-21/h15-17H,2,4-13H2,1,3H3,(H,22,26). The van der Waals surface area contributed by atoms with Gasteiger partial charge in [0.25, 0.3) is 5.91 Å². The summed E-state index contributed by atoms with van der Waals surface area (Å²) >= 11 is 0. The molecule has 4 aliphatic carbocycles. The Morgan fingerprint density at radius 2 is 1.67 bits per heavy atom. The van der Waals surface area contributed by atoms with Crippen molar-refractivity contribution < 1.29 is 19.1 Å². The summed E-state index contributed by atoms with van der Waals surface area (Å²) in [5, 5.41) is 2.79. The van der Waals surface area contributed by atoms with E-state index in [9.17, 15) is 14.4 Å². The Balaban J connectivity index is 1.43. The normalized spacial score (nSPS) is 30.7. The number of nitrogens with zero attached hydrogens (tertiary/aromatic N) is 1. The minimum absolute atomic E-state index is 0.00217. The first-order chi connectivity index (χ1) is 12.8. The lowest BCUT2D eigenvalue weighted by Crippen LogP contribution is -2.54. The van der Waals surface area contributed by atoms with Crippen LogP contribution in [0.1, 0.15) is 52.4 Å². The van der Waals surface area contributed by atoms with E-state index in [4.69, 9.17) is 4.74 Å². The van der Waals surface area contributed by atoms with Gasteiger partial charge in [0, 0.05) is 18.5 Å². The highest BCUT2D eigenvalue weighted by Gasteiger charge is 2.54. The first kappa shape index (κ1) is 19.9. The van der Waals surface area contributed by atoms with Crippen LogP contribution in [0.5, 0.6) is 0 Å². The quantitative estimate of drug-likeness (QED) is 0.521. The highest BCUT2D eigenvalue weighted by atomic mass is 16.5. The molecule has 2 amide bonds. The van der Waals surface area contributed by atoms with Crippen molar-refractivity contribution in [1.29, 1.82) is 0 Å². The van der Waals surface area contributed by atoms with Crippen LogP contribution in [0, 0.1) is 23.2 Å². The monoisotopic (exact) mass is 376 g/mol. The Kier molecular flexibility index (Phi) is 5.92. The fourth-order valence-corrected chi connectivity index (χ4v) is 5.72. The van der Waals surface area contributed by atoms with Crippen LogP contribution >= 0.6 is 0 Å². The van der Waals surface area contributed by atoms with Gasteiger partial charge in [-0.2, -0.15) is 0 Å². The van der Waals surface area contributed by atoms with E-state index in [2.05, 4.69) is 11.9 Å². The molecule has 150 valence electrons. The maximum atomic E-state index is 12.8. The molecule has 0 saturated heterocycles. The molecule has 6 nitrogen and oxygen atoms in total. The molecule has 1 N–H and O–H groups in total. The van der Waals surface area contributed by atoms with E-state index in [1.54, 1.807) is 4.90 Å². The van der Waals surface area contributed by atoms with Crippen LogP contribution in [-0.2, 0) is 19.1 Å². The zero-order chi connectivity index (χ0) is 19.6. The number of hydrogen-bond acceptors (Lipinski definition) is 4. The van der Waals surface area contributed by atoms with Gasteiger partial charge in [0.1, 0.15) is 6.54 Å². The molecule has 0 aromatic carbocycles. The molecular weight excluding hydrogens is 344 g/mol. The van der Waals surface area contributed by atoms with Gasteiger partial charge in [-0.15, -0.1) is 0 Å². The largest absolute Gasteiger partial charge is 0.454 e. The zero-order valence-corrected chi connectivity index (χ0v) is 16.6. The number of rotatable bonds is 8. The summed E-state index contributed by atoms with van der Waals surface area (Å²) in [4.78, 5) is 38.5. The first-order valence-electron chi connectivity index (χ1n) is 10.2. The second-order valence-electron chi connectivity index (χ2n) is 8.91. The summed E-state index contributed by atoms with van der Waals surface area (Å²) in [7, 11) is 0. The van der Waals surface area contributed by atoms with Crippen molar-refractivity contribution in [3.8, 4) is 0 Å². The third kappa shape index (κ3) is 4.53. The average molecular weight is 376 g/mol. The Morgan fingerprint density at radius 3 is 2.15 bits per heavy atom. The number of likely N-dealkylation sites (N-methyl/N-ethyl adjacent to an activating group) is 1. The van der Waals surface area contributed by atoms with Crippen molar-refractivity contribution in [3.05, 3.63) is 12.2 Å². The van der Waals surface area contributed by atoms with Gasteiger partial charge in [-0.25, -0.2) is 0 Å². The van der Waals surface area contributed by atoms with Gasteiger partial charge in [0.2, 0.25) is 5.91 Å². The summed E-state index contributed by atoms with van der Waals surface area (Å²) in [6, 6.07) is 0. The van der Waals surface area contributed by atoms with Crippen LogP contribution in [0.15, 0.2) is 12.2 Å². The van der Waals surface area contributed by atoms with Crippen LogP contribution < -0.4 is 5.32 Å². The molecule has 0 aliphatic heterocycles. The second-order valence-corrected chi connectivity index (χ2v) is 8.91. The zero-order valence-electron chi connectivity index (χ0n) is 16.6. The predicted molar refractivity (Wildman–Crippen MR) is 102 cm³/mol. The number of nitrogens with one attached hydrogen (secondary N) is 1. The predicted octanol–water partition coefficient (Wildman–Crippen LogP) is 2.29. The summed E-state index contributed by atoms with van der Waals surface area (Å²) in [5.41, 5.74) is 0.602. The number of ether oxygens (including phenoxy) is 1. The topological polar surface area (TPSA) is 75.7 Å². The van der Waals surface area contributed by atoms with Crippen molar-refractivity contribution in [2.45, 2.75) is 52.4 Å². The van der Waals surface area contributed by atoms with Gasteiger partial charge < -0.3 is 15.0 Å². The number of carbonyl (C=O) groups excluding carboxylic acids is 3. The summed E-state index contributed by atoms with van der Waals surface area (Å²) in [6.07, 6.45) is 6.71. The van der Waals surface area contributed by atoms with E-state index in [0.29, 0.717) is 30.8 Å². The molecule has 4 rings (SSSR count). The maximum Gasteiger partial charge on any atom is 0.325 e. The Labute approximate surface area is 161 Å². The molecular formula is C21H32N2O4. The van der Waals surface area contributed by atoms with Gasteiger partial charge >= 0.3 is 5.97 Å². The van der Waals surface area contributed by atoms with Gasteiger partial charge in [-0.05, 0) is 70.1 Å². The van der Waals surface area contributed by atoms with E-state index in [0.717, 1.165) is 24.8 Å². The molecule has 6 heteroatoms. The molecule has 27 heavy (non-hydrogen) atoms. The molecule has 0 atom stereocenters. The van der Waals surface area contributed by atoms with Gasteiger partial charge in [-0.3, -0.25) is 14.4 Å². The molecule has 0 aromatic heterocycles. The minimum Gasteiger partial charge on any atom is -0.454 e. The summed E-state index contributed by atoms with van der Waals surface area (Å²) in [6.45, 7) is 8.04. The number of amides is 2. The van der Waals surface area contributed by atoms with Gasteiger partial charge in [-0.1, -0.05) is 12.2 Å². The Bertz CT molecular complexity index is 592. The SMILES string of the molecule is C=C(C)CN(CC)C(=O)COC(=O)CNC(=O)C12CC3CC(CC(C3)C1)C2. The number of esters is 1. The van der Waals surface area contributed by atoms with Crippen LogP contribution in [0.3, 0.4) is 0 Å². The van der Waals surface area contributed by atoms with Crippen LogP contribution in [0.25, 0.3) is 0 Å². The van der Waals surface area contributed by atoms with E-state index in [-0.39, 0.29) is 30.4 Å². The molecule has 4 bridgehead atoms. The lowest BCUT2D eigenvalue weighted by molar-refractivity contribution is -0.154. The van der Waals surface area contributed by atoms with Crippen molar-refractivity contribution in [2.24, 2.45) is 23.2 Å². The molecule has 4 aliphatic rings. The smallest absolute Gasteiger partial charge is 0.325 e. The molecule has 0 aromatic rings. The third-order valence-corrected chi connectivity index (χ3v) is 6.47. The summed E-state index contributed by atoms with van der Waals surface area (Å²) < 4.78 is 5.06. The third-order valence-electron chi connectivity index (χ3n) is 6.47. The van der Waals surface area contributed by atoms with Crippen molar-refractivity contribution in [2.75, 3.05) is 26.2 Å². The van der Waals surface area contributed by atoms with E-state index < -0.39 is 5.97 Å². The van der Waals surface area contributed by atoms with E-state index in [1.165, 1.54) is 19.3 Å². The first-order valence-corrected chi connectivity index (χ1v) is 10.2. The molecule has 4 saturated carbocycles. The van der Waals surface area contributed by atoms with E-state index >= 15 is 0 Å².